The Morgan fingerprint density at radius 2 is 1.67 bits per heavy atom. The lowest BCUT2D eigenvalue weighted by Crippen LogP contribution is -2.27. The summed E-state index contributed by atoms with van der Waals surface area (Å²) in [5.41, 5.74) is -0.522. The number of hydrogen-bond acceptors (Lipinski definition) is 3. The molecule has 4 heteroatoms. The van der Waals surface area contributed by atoms with Gasteiger partial charge >= 0.3 is 0 Å². The SMILES string of the molecule is CC(C)(C)C(=O)Nc1c(O)cccc1O. The minimum atomic E-state index is -0.575. The number of phenols is 2. The monoisotopic (exact) mass is 209 g/mol. The highest BCUT2D eigenvalue weighted by Crippen LogP contribution is 2.33. The van der Waals surface area contributed by atoms with Crippen LogP contribution in [-0.2, 0) is 4.79 Å². The first-order valence-corrected chi connectivity index (χ1v) is 4.65. The van der Waals surface area contributed by atoms with E-state index in [9.17, 15) is 15.0 Å². The van der Waals surface area contributed by atoms with Crippen molar-refractivity contribution in [3.8, 4) is 11.5 Å². The molecule has 0 atom stereocenters. The van der Waals surface area contributed by atoms with E-state index in [1.54, 1.807) is 20.8 Å². The first kappa shape index (κ1) is 11.4. The second-order valence-electron chi connectivity index (χ2n) is 4.38. The number of para-hydroxylation sites is 1. The van der Waals surface area contributed by atoms with Crippen molar-refractivity contribution in [1.29, 1.82) is 0 Å². The van der Waals surface area contributed by atoms with Crippen molar-refractivity contribution in [3.05, 3.63) is 18.2 Å². The summed E-state index contributed by atoms with van der Waals surface area (Å²) in [6.07, 6.45) is 0. The summed E-state index contributed by atoms with van der Waals surface area (Å²) in [7, 11) is 0. The number of aromatic hydroxyl groups is 2. The van der Waals surface area contributed by atoms with E-state index in [0.717, 1.165) is 0 Å². The van der Waals surface area contributed by atoms with E-state index in [4.69, 9.17) is 0 Å². The summed E-state index contributed by atoms with van der Waals surface area (Å²) in [4.78, 5) is 11.6. The van der Waals surface area contributed by atoms with Gasteiger partial charge < -0.3 is 15.5 Å². The standard InChI is InChI=1S/C11H15NO3/c1-11(2,3)10(15)12-9-7(13)5-4-6-8(9)14/h4-6,13-14H,1-3H3,(H,12,15). The zero-order valence-corrected chi connectivity index (χ0v) is 9.03. The quantitative estimate of drug-likeness (QED) is 0.620. The molecule has 0 aliphatic rings. The first-order chi connectivity index (χ1) is 6.82. The number of anilines is 1. The van der Waals surface area contributed by atoms with Gasteiger partial charge in [0.25, 0.3) is 0 Å². The van der Waals surface area contributed by atoms with Crippen molar-refractivity contribution in [2.24, 2.45) is 5.41 Å². The molecule has 15 heavy (non-hydrogen) atoms. The fourth-order valence-corrected chi connectivity index (χ4v) is 0.957. The highest BCUT2D eigenvalue weighted by Gasteiger charge is 2.23. The molecule has 82 valence electrons. The fraction of sp³-hybridized carbons (Fsp3) is 0.364. The molecule has 0 aliphatic heterocycles. The molecule has 0 aromatic heterocycles. The van der Waals surface area contributed by atoms with Crippen molar-refractivity contribution in [2.75, 3.05) is 5.32 Å². The molecule has 0 radical (unpaired) electrons. The largest absolute Gasteiger partial charge is 0.506 e. The fourth-order valence-electron chi connectivity index (χ4n) is 0.957. The molecule has 0 unspecified atom stereocenters. The molecule has 1 aromatic rings. The van der Waals surface area contributed by atoms with Crippen molar-refractivity contribution in [2.45, 2.75) is 20.8 Å². The average molecular weight is 209 g/mol. The number of amides is 1. The Morgan fingerprint density at radius 3 is 2.07 bits per heavy atom. The van der Waals surface area contributed by atoms with Gasteiger partial charge in [-0.15, -0.1) is 0 Å². The van der Waals surface area contributed by atoms with Crippen LogP contribution in [0, 0.1) is 5.41 Å². The Labute approximate surface area is 88.6 Å². The minimum Gasteiger partial charge on any atom is -0.506 e. The Kier molecular flexibility index (Phi) is 2.88. The third-order valence-electron chi connectivity index (χ3n) is 1.94. The van der Waals surface area contributed by atoms with Crippen LogP contribution in [0.4, 0.5) is 5.69 Å². The van der Waals surface area contributed by atoms with Gasteiger partial charge in [-0.3, -0.25) is 4.79 Å². The van der Waals surface area contributed by atoms with Crippen LogP contribution in [0.3, 0.4) is 0 Å². The zero-order valence-electron chi connectivity index (χ0n) is 9.03. The summed E-state index contributed by atoms with van der Waals surface area (Å²) in [5, 5.41) is 21.3. The molecule has 0 saturated heterocycles. The van der Waals surface area contributed by atoms with Gasteiger partial charge in [-0.25, -0.2) is 0 Å². The molecule has 0 heterocycles. The molecule has 3 N–H and O–H groups in total. The average Bonchev–Trinajstić information content (AvgIpc) is 2.09. The Hall–Kier alpha value is -1.71. The minimum absolute atomic E-state index is 0.0532. The van der Waals surface area contributed by atoms with Gasteiger partial charge in [-0.2, -0.15) is 0 Å². The lowest BCUT2D eigenvalue weighted by atomic mass is 9.95. The number of rotatable bonds is 1. The second kappa shape index (κ2) is 3.81. The highest BCUT2D eigenvalue weighted by molar-refractivity contribution is 5.97. The van der Waals surface area contributed by atoms with Crippen molar-refractivity contribution in [1.82, 2.24) is 0 Å². The predicted octanol–water partition coefficient (Wildman–Crippen LogP) is 2.08. The van der Waals surface area contributed by atoms with Crippen molar-refractivity contribution >= 4 is 11.6 Å². The van der Waals surface area contributed by atoms with Crippen LogP contribution in [0.5, 0.6) is 11.5 Å². The predicted molar refractivity (Wildman–Crippen MR) is 57.9 cm³/mol. The van der Waals surface area contributed by atoms with Crippen molar-refractivity contribution in [3.63, 3.8) is 0 Å². The van der Waals surface area contributed by atoms with E-state index in [0.29, 0.717) is 0 Å². The van der Waals surface area contributed by atoms with Gasteiger partial charge in [0.1, 0.15) is 17.2 Å². The van der Waals surface area contributed by atoms with Crippen molar-refractivity contribution < 1.29 is 15.0 Å². The molecular formula is C11H15NO3. The van der Waals surface area contributed by atoms with Gasteiger partial charge in [-0.1, -0.05) is 26.8 Å². The lowest BCUT2D eigenvalue weighted by Gasteiger charge is -2.18. The summed E-state index contributed by atoms with van der Waals surface area (Å²) in [5.74, 6) is -0.556. The first-order valence-electron chi connectivity index (χ1n) is 4.65. The van der Waals surface area contributed by atoms with Crippen LogP contribution < -0.4 is 5.32 Å². The van der Waals surface area contributed by atoms with E-state index in [-0.39, 0.29) is 23.1 Å². The van der Waals surface area contributed by atoms with Crippen LogP contribution in [0.1, 0.15) is 20.8 Å². The van der Waals surface area contributed by atoms with E-state index in [2.05, 4.69) is 5.32 Å². The van der Waals surface area contributed by atoms with Gasteiger partial charge in [0, 0.05) is 5.41 Å². The second-order valence-corrected chi connectivity index (χ2v) is 4.38. The summed E-state index contributed by atoms with van der Waals surface area (Å²) in [6, 6.07) is 4.30. The summed E-state index contributed by atoms with van der Waals surface area (Å²) < 4.78 is 0. The number of nitrogens with one attached hydrogen (secondary N) is 1. The molecular weight excluding hydrogens is 194 g/mol. The summed E-state index contributed by atoms with van der Waals surface area (Å²) in [6.45, 7) is 5.25. The third-order valence-corrected chi connectivity index (χ3v) is 1.94. The third kappa shape index (κ3) is 2.62. The molecule has 0 aliphatic carbocycles. The molecule has 1 rings (SSSR count). The van der Waals surface area contributed by atoms with Crippen LogP contribution in [0.2, 0.25) is 0 Å². The van der Waals surface area contributed by atoms with Crippen LogP contribution in [-0.4, -0.2) is 16.1 Å². The van der Waals surface area contributed by atoms with E-state index in [1.165, 1.54) is 18.2 Å². The number of carbonyl (C=O) groups excluding carboxylic acids is 1. The van der Waals surface area contributed by atoms with Gasteiger partial charge in [0.15, 0.2) is 0 Å². The Balaban J connectivity index is 2.95. The molecule has 0 spiro atoms. The van der Waals surface area contributed by atoms with Crippen LogP contribution in [0.25, 0.3) is 0 Å². The number of phenolic OH excluding ortho intramolecular Hbond substituents is 2. The van der Waals surface area contributed by atoms with Gasteiger partial charge in [-0.05, 0) is 12.1 Å². The lowest BCUT2D eigenvalue weighted by molar-refractivity contribution is -0.123. The number of hydrogen-bond donors (Lipinski definition) is 3. The maximum atomic E-state index is 11.6. The van der Waals surface area contributed by atoms with Crippen LogP contribution >= 0.6 is 0 Å². The van der Waals surface area contributed by atoms with E-state index >= 15 is 0 Å². The Morgan fingerprint density at radius 1 is 1.20 bits per heavy atom. The normalized spacial score (nSPS) is 11.1. The summed E-state index contributed by atoms with van der Waals surface area (Å²) >= 11 is 0. The number of benzene rings is 1. The van der Waals surface area contributed by atoms with Crippen LogP contribution in [0.15, 0.2) is 18.2 Å². The molecule has 1 amide bonds. The maximum absolute atomic E-state index is 11.6. The molecule has 0 saturated carbocycles. The highest BCUT2D eigenvalue weighted by atomic mass is 16.3. The molecule has 0 fully saturated rings. The van der Waals surface area contributed by atoms with Gasteiger partial charge in [0.2, 0.25) is 5.91 Å². The molecule has 4 nitrogen and oxygen atoms in total. The van der Waals surface area contributed by atoms with E-state index in [1.807, 2.05) is 0 Å². The zero-order chi connectivity index (χ0) is 11.6. The maximum Gasteiger partial charge on any atom is 0.229 e. The molecule has 1 aromatic carbocycles. The Bertz CT molecular complexity index is 360. The topological polar surface area (TPSA) is 69.6 Å². The number of carbonyl (C=O) groups is 1. The smallest absolute Gasteiger partial charge is 0.229 e. The molecule has 0 bridgehead atoms. The van der Waals surface area contributed by atoms with E-state index < -0.39 is 5.41 Å². The van der Waals surface area contributed by atoms with Gasteiger partial charge in [0.05, 0.1) is 0 Å².